The lowest BCUT2D eigenvalue weighted by molar-refractivity contribution is -0.0462. The van der Waals surface area contributed by atoms with Gasteiger partial charge in [0.1, 0.15) is 0 Å². The number of hydrogen-bond acceptors (Lipinski definition) is 2. The molecule has 2 aliphatic carbocycles. The molecule has 206 valence electrons. The Morgan fingerprint density at radius 2 is 1.47 bits per heavy atom. The van der Waals surface area contributed by atoms with Gasteiger partial charge in [-0.15, -0.1) is 6.58 Å². The second-order valence-corrected chi connectivity index (χ2v) is 11.9. The normalized spacial score (nSPS) is 30.1. The smallest absolute Gasteiger partial charge is 0.201 e. The fourth-order valence-electron chi connectivity index (χ4n) is 7.26. The van der Waals surface area contributed by atoms with E-state index in [2.05, 4.69) is 24.8 Å². The number of rotatable bonds is 8. The Morgan fingerprint density at radius 3 is 2.08 bits per heavy atom. The van der Waals surface area contributed by atoms with E-state index in [0.717, 1.165) is 43.6 Å². The number of halogens is 2. The van der Waals surface area contributed by atoms with E-state index in [1.807, 2.05) is 19.1 Å². The van der Waals surface area contributed by atoms with Crippen molar-refractivity contribution in [2.24, 2.45) is 23.7 Å². The van der Waals surface area contributed by atoms with Gasteiger partial charge in [-0.05, 0) is 118 Å². The second-order valence-electron chi connectivity index (χ2n) is 11.9. The van der Waals surface area contributed by atoms with Crippen molar-refractivity contribution in [1.82, 2.24) is 0 Å². The highest BCUT2D eigenvalue weighted by atomic mass is 19.2. The second kappa shape index (κ2) is 12.8. The van der Waals surface area contributed by atoms with E-state index in [9.17, 15) is 8.78 Å². The van der Waals surface area contributed by atoms with Crippen LogP contribution in [0.3, 0.4) is 0 Å². The Bertz CT molecular complexity index is 1040. The van der Waals surface area contributed by atoms with Gasteiger partial charge >= 0.3 is 0 Å². The van der Waals surface area contributed by atoms with Gasteiger partial charge in [-0.1, -0.05) is 37.3 Å². The molecule has 2 nitrogen and oxygen atoms in total. The molecule has 3 aliphatic rings. The molecule has 4 heteroatoms. The molecule has 1 saturated heterocycles. The molecule has 1 heterocycles. The number of allylic oxidation sites excluding steroid dienone is 1. The quantitative estimate of drug-likeness (QED) is 0.321. The average Bonchev–Trinajstić information content (AvgIpc) is 2.98. The maximum Gasteiger partial charge on any atom is 0.201 e. The molecule has 0 amide bonds. The van der Waals surface area contributed by atoms with Gasteiger partial charge in [0.05, 0.1) is 19.3 Å². The third-order valence-electron chi connectivity index (χ3n) is 9.67. The van der Waals surface area contributed by atoms with Gasteiger partial charge in [-0.2, -0.15) is 4.39 Å². The topological polar surface area (TPSA) is 18.5 Å². The van der Waals surface area contributed by atoms with E-state index < -0.39 is 11.6 Å². The van der Waals surface area contributed by atoms with E-state index >= 15 is 0 Å². The highest BCUT2D eigenvalue weighted by Crippen LogP contribution is 2.44. The molecule has 3 fully saturated rings. The van der Waals surface area contributed by atoms with E-state index in [-0.39, 0.29) is 11.3 Å². The number of hydrogen-bond donors (Lipinski definition) is 0. The summed E-state index contributed by atoms with van der Waals surface area (Å²) in [5.74, 6) is 1.89. The van der Waals surface area contributed by atoms with Crippen LogP contribution in [0.1, 0.15) is 89.0 Å². The summed E-state index contributed by atoms with van der Waals surface area (Å²) < 4.78 is 41.0. The van der Waals surface area contributed by atoms with Crippen LogP contribution in [0.4, 0.5) is 8.78 Å². The minimum Gasteiger partial charge on any atom is -0.490 e. The summed E-state index contributed by atoms with van der Waals surface area (Å²) in [6.07, 6.45) is 16.4. The largest absolute Gasteiger partial charge is 0.490 e. The molecule has 38 heavy (non-hydrogen) atoms. The van der Waals surface area contributed by atoms with Crippen LogP contribution < -0.4 is 4.74 Å². The van der Waals surface area contributed by atoms with E-state index in [4.69, 9.17) is 9.47 Å². The van der Waals surface area contributed by atoms with Crippen molar-refractivity contribution in [3.8, 4) is 16.9 Å². The highest BCUT2D eigenvalue weighted by molar-refractivity contribution is 5.65. The minimum atomic E-state index is -0.916. The summed E-state index contributed by atoms with van der Waals surface area (Å²) in [6, 6.07) is 11.0. The molecule has 2 unspecified atom stereocenters. The van der Waals surface area contributed by atoms with Crippen LogP contribution in [0.15, 0.2) is 49.1 Å². The van der Waals surface area contributed by atoms with Crippen molar-refractivity contribution in [2.75, 3.05) is 13.2 Å². The first-order valence-corrected chi connectivity index (χ1v) is 15.0. The molecule has 0 N–H and O–H groups in total. The monoisotopic (exact) mass is 522 g/mol. The molecule has 1 aliphatic heterocycles. The molecule has 0 aromatic heterocycles. The highest BCUT2D eigenvalue weighted by Gasteiger charge is 2.35. The van der Waals surface area contributed by atoms with Gasteiger partial charge in [0.2, 0.25) is 5.82 Å². The molecule has 2 saturated carbocycles. The SMILES string of the molecule is C=CC1CCC(C2CCC(C3CCC(c4ccc(-c5ccc(OCCC)c(F)c5F)cc4)CO3)CC2)CC1. The molecule has 5 rings (SSSR count). The molecule has 0 spiro atoms. The molecule has 2 atom stereocenters. The van der Waals surface area contributed by atoms with Crippen LogP contribution in [-0.2, 0) is 4.74 Å². The van der Waals surface area contributed by atoms with Crippen molar-refractivity contribution in [2.45, 2.75) is 89.6 Å². The lowest BCUT2D eigenvalue weighted by atomic mass is 9.68. The fraction of sp³-hybridized carbons (Fsp3) is 0.588. The van der Waals surface area contributed by atoms with E-state index in [1.54, 1.807) is 6.07 Å². The minimum absolute atomic E-state index is 0.0252. The zero-order chi connectivity index (χ0) is 26.5. The zero-order valence-electron chi connectivity index (χ0n) is 23.0. The molecular weight excluding hydrogens is 478 g/mol. The molecule has 2 aromatic rings. The number of ether oxygens (including phenoxy) is 2. The predicted octanol–water partition coefficient (Wildman–Crippen LogP) is 9.48. The predicted molar refractivity (Wildman–Crippen MR) is 150 cm³/mol. The van der Waals surface area contributed by atoms with Crippen molar-refractivity contribution >= 4 is 0 Å². The first-order valence-electron chi connectivity index (χ1n) is 15.0. The first kappa shape index (κ1) is 27.4. The summed E-state index contributed by atoms with van der Waals surface area (Å²) in [7, 11) is 0. The van der Waals surface area contributed by atoms with Crippen LogP contribution in [0.25, 0.3) is 11.1 Å². The van der Waals surface area contributed by atoms with E-state index in [0.29, 0.717) is 30.1 Å². The third kappa shape index (κ3) is 6.17. The van der Waals surface area contributed by atoms with Crippen molar-refractivity contribution < 1.29 is 18.3 Å². The van der Waals surface area contributed by atoms with Crippen LogP contribution in [-0.4, -0.2) is 19.3 Å². The maximum absolute atomic E-state index is 14.7. The van der Waals surface area contributed by atoms with Gasteiger partial charge in [-0.25, -0.2) is 4.39 Å². The van der Waals surface area contributed by atoms with Crippen molar-refractivity contribution in [3.63, 3.8) is 0 Å². The van der Waals surface area contributed by atoms with Gasteiger partial charge < -0.3 is 9.47 Å². The van der Waals surface area contributed by atoms with Crippen LogP contribution in [0.2, 0.25) is 0 Å². The van der Waals surface area contributed by atoms with E-state index in [1.165, 1.54) is 63.0 Å². The number of benzene rings is 2. The average molecular weight is 523 g/mol. The van der Waals surface area contributed by atoms with Gasteiger partial charge in [0.15, 0.2) is 11.6 Å². The maximum atomic E-state index is 14.7. The lowest BCUT2D eigenvalue weighted by Crippen LogP contribution is -2.35. The van der Waals surface area contributed by atoms with Crippen molar-refractivity contribution in [1.29, 1.82) is 0 Å². The Morgan fingerprint density at radius 1 is 0.816 bits per heavy atom. The standard InChI is InChI=1S/C34H44F2O2/c1-3-21-37-32-20-18-30(33(35)34(32)36)27-13-9-26(10-14-27)29-17-19-31(38-22-29)28-15-11-25(12-16-28)24-7-5-23(4-2)6-8-24/h4,9-10,13-14,18,20,23-25,28-29,31H,2-3,5-8,11-12,15-17,19,21-22H2,1H3. The van der Waals surface area contributed by atoms with Gasteiger partial charge in [-0.3, -0.25) is 0 Å². The molecule has 0 radical (unpaired) electrons. The molecule has 0 bridgehead atoms. The Labute approximate surface area is 227 Å². The lowest BCUT2D eigenvalue weighted by Gasteiger charge is -2.41. The Balaban J connectivity index is 1.11. The fourth-order valence-corrected chi connectivity index (χ4v) is 7.26. The first-order chi connectivity index (χ1) is 18.6. The summed E-state index contributed by atoms with van der Waals surface area (Å²) in [4.78, 5) is 0. The summed E-state index contributed by atoms with van der Waals surface area (Å²) >= 11 is 0. The summed E-state index contributed by atoms with van der Waals surface area (Å²) in [5, 5.41) is 0. The molecular formula is C34H44F2O2. The van der Waals surface area contributed by atoms with Crippen molar-refractivity contribution in [3.05, 3.63) is 66.3 Å². The zero-order valence-corrected chi connectivity index (χ0v) is 23.0. The van der Waals surface area contributed by atoms with Crippen LogP contribution in [0, 0.1) is 35.3 Å². The van der Waals surface area contributed by atoms with Crippen LogP contribution in [0.5, 0.6) is 5.75 Å². The van der Waals surface area contributed by atoms with Gasteiger partial charge in [0, 0.05) is 11.5 Å². The Kier molecular flexibility index (Phi) is 9.20. The Hall–Kier alpha value is -2.20. The van der Waals surface area contributed by atoms with Gasteiger partial charge in [0.25, 0.3) is 0 Å². The van der Waals surface area contributed by atoms with Crippen LogP contribution >= 0.6 is 0 Å². The third-order valence-corrected chi connectivity index (χ3v) is 9.67. The molecule has 2 aromatic carbocycles. The summed E-state index contributed by atoms with van der Waals surface area (Å²) in [5.41, 5.74) is 2.16. The summed E-state index contributed by atoms with van der Waals surface area (Å²) in [6.45, 7) is 7.05.